The average Bonchev–Trinajstić information content (AvgIpc) is 3.23. The number of rotatable bonds is 3. The van der Waals surface area contributed by atoms with Gasteiger partial charge in [0.15, 0.2) is 5.78 Å². The number of nitrogens with one attached hydrogen (secondary N) is 2. The molecule has 0 radical (unpaired) electrons. The standard InChI is InChI=1S/C27H26N4OS/c1-5-17-13-20-21(14-23(17)31-10-8-18(9-11-31)30-33-4)27(2,3)26-24(25(20)32)19-7-6-16(15-28)12-22(19)29-26/h1,6-7,12-14,18,29-30H,8-11H2,2-4H3. The molecule has 1 aliphatic heterocycles. The monoisotopic (exact) mass is 454 g/mol. The van der Waals surface area contributed by atoms with Crippen LogP contribution in [0, 0.1) is 23.7 Å². The van der Waals surface area contributed by atoms with E-state index in [-0.39, 0.29) is 5.78 Å². The zero-order chi connectivity index (χ0) is 23.3. The fourth-order valence-electron chi connectivity index (χ4n) is 5.32. The molecule has 166 valence electrons. The summed E-state index contributed by atoms with van der Waals surface area (Å²) < 4.78 is 3.47. The summed E-state index contributed by atoms with van der Waals surface area (Å²) >= 11 is 1.67. The Morgan fingerprint density at radius 3 is 2.67 bits per heavy atom. The predicted octanol–water partition coefficient (Wildman–Crippen LogP) is 4.73. The number of hydrogen-bond donors (Lipinski definition) is 2. The third-order valence-electron chi connectivity index (χ3n) is 7.11. The molecule has 33 heavy (non-hydrogen) atoms. The molecule has 0 amide bonds. The number of nitrogens with zero attached hydrogens (tertiary/aromatic N) is 2. The van der Waals surface area contributed by atoms with Crippen molar-refractivity contribution < 1.29 is 4.79 Å². The van der Waals surface area contributed by atoms with Gasteiger partial charge in [0.1, 0.15) is 0 Å². The first-order valence-corrected chi connectivity index (χ1v) is 12.4. The fraction of sp³-hybridized carbons (Fsp3) is 0.333. The van der Waals surface area contributed by atoms with Gasteiger partial charge < -0.3 is 9.88 Å². The lowest BCUT2D eigenvalue weighted by molar-refractivity contribution is 0.103. The van der Waals surface area contributed by atoms with Gasteiger partial charge >= 0.3 is 0 Å². The number of piperidine rings is 1. The Kier molecular flexibility index (Phi) is 5.24. The molecule has 2 aromatic carbocycles. The first kappa shape index (κ1) is 21.6. The molecule has 5 nitrogen and oxygen atoms in total. The summed E-state index contributed by atoms with van der Waals surface area (Å²) in [7, 11) is 0. The van der Waals surface area contributed by atoms with Crippen LogP contribution in [-0.4, -0.2) is 36.2 Å². The predicted molar refractivity (Wildman–Crippen MR) is 135 cm³/mol. The average molecular weight is 455 g/mol. The molecule has 6 heteroatoms. The molecular formula is C27H26N4OS. The van der Waals surface area contributed by atoms with Crippen molar-refractivity contribution in [2.24, 2.45) is 0 Å². The van der Waals surface area contributed by atoms with Crippen molar-refractivity contribution in [1.29, 1.82) is 5.26 Å². The SMILES string of the molecule is C#Cc1cc2c(cc1N1CCC(NSC)CC1)C(C)(C)c1[nH]c3cc(C#N)ccc3c1C2=O. The number of anilines is 1. The number of benzene rings is 2. The highest BCUT2D eigenvalue weighted by Gasteiger charge is 2.40. The molecule has 5 rings (SSSR count). The topological polar surface area (TPSA) is 71.9 Å². The number of H-pyrrole nitrogens is 1. The van der Waals surface area contributed by atoms with Crippen molar-refractivity contribution in [2.45, 2.75) is 38.1 Å². The summed E-state index contributed by atoms with van der Waals surface area (Å²) in [5.41, 5.74) is 6.02. The lowest BCUT2D eigenvalue weighted by atomic mass is 9.70. The quantitative estimate of drug-likeness (QED) is 0.442. The van der Waals surface area contributed by atoms with E-state index in [1.165, 1.54) is 0 Å². The van der Waals surface area contributed by atoms with Crippen molar-refractivity contribution in [2.75, 3.05) is 24.2 Å². The smallest absolute Gasteiger partial charge is 0.195 e. The van der Waals surface area contributed by atoms with Crippen molar-refractivity contribution in [3.8, 4) is 18.4 Å². The summed E-state index contributed by atoms with van der Waals surface area (Å²) in [6.45, 7) is 6.14. The molecule has 3 aromatic rings. The molecule has 1 saturated heterocycles. The number of carbonyl (C=O) groups excluding carboxylic acids is 1. The van der Waals surface area contributed by atoms with Gasteiger partial charge in [-0.2, -0.15) is 5.26 Å². The van der Waals surface area contributed by atoms with Crippen molar-refractivity contribution >= 4 is 34.3 Å². The molecule has 2 aliphatic rings. The largest absolute Gasteiger partial charge is 0.370 e. The van der Waals surface area contributed by atoms with E-state index >= 15 is 0 Å². The zero-order valence-corrected chi connectivity index (χ0v) is 19.9. The van der Waals surface area contributed by atoms with E-state index in [2.05, 4.69) is 52.8 Å². The van der Waals surface area contributed by atoms with Crippen LogP contribution >= 0.6 is 11.9 Å². The normalized spacial score (nSPS) is 17.4. The van der Waals surface area contributed by atoms with E-state index in [0.29, 0.717) is 22.7 Å². The Balaban J connectivity index is 1.62. The number of terminal acetylenes is 1. The summed E-state index contributed by atoms with van der Waals surface area (Å²) in [4.78, 5) is 19.5. The Hall–Kier alpha value is -3.19. The summed E-state index contributed by atoms with van der Waals surface area (Å²) in [6.07, 6.45) is 10.1. The van der Waals surface area contributed by atoms with Crippen LogP contribution in [0.25, 0.3) is 10.9 Å². The van der Waals surface area contributed by atoms with Gasteiger partial charge in [-0.15, -0.1) is 6.42 Å². The maximum atomic E-state index is 13.7. The van der Waals surface area contributed by atoms with Crippen molar-refractivity contribution in [3.05, 3.63) is 63.8 Å². The lowest BCUT2D eigenvalue weighted by Gasteiger charge is -2.37. The second kappa shape index (κ2) is 7.99. The molecule has 1 fully saturated rings. The molecule has 0 atom stereocenters. The zero-order valence-electron chi connectivity index (χ0n) is 19.1. The van der Waals surface area contributed by atoms with Crippen LogP contribution in [0.5, 0.6) is 0 Å². The highest BCUT2D eigenvalue weighted by molar-refractivity contribution is 7.96. The first-order valence-electron chi connectivity index (χ1n) is 11.2. The molecule has 2 N–H and O–H groups in total. The highest BCUT2D eigenvalue weighted by Crippen LogP contribution is 2.45. The molecule has 1 aliphatic carbocycles. The van der Waals surface area contributed by atoms with Gasteiger partial charge in [-0.3, -0.25) is 9.52 Å². The number of hydrogen-bond acceptors (Lipinski definition) is 5. The summed E-state index contributed by atoms with van der Waals surface area (Å²) in [5.74, 6) is 2.83. The van der Waals surface area contributed by atoms with Crippen LogP contribution in [0.1, 0.15) is 65.0 Å². The van der Waals surface area contributed by atoms with Gasteiger partial charge in [0.05, 0.1) is 22.9 Å². The van der Waals surface area contributed by atoms with E-state index in [1.807, 2.05) is 18.2 Å². The maximum Gasteiger partial charge on any atom is 0.195 e. The van der Waals surface area contributed by atoms with Gasteiger partial charge in [-0.05, 0) is 48.9 Å². The Morgan fingerprint density at radius 1 is 1.24 bits per heavy atom. The van der Waals surface area contributed by atoms with Gasteiger partial charge in [0.2, 0.25) is 0 Å². The van der Waals surface area contributed by atoms with Crippen LogP contribution in [0.4, 0.5) is 5.69 Å². The van der Waals surface area contributed by atoms with E-state index < -0.39 is 5.41 Å². The number of fused-ring (bicyclic) bond motifs is 4. The van der Waals surface area contributed by atoms with E-state index in [9.17, 15) is 10.1 Å². The van der Waals surface area contributed by atoms with Crippen molar-refractivity contribution in [3.63, 3.8) is 0 Å². The summed E-state index contributed by atoms with van der Waals surface area (Å²) in [5, 5.41) is 10.1. The van der Waals surface area contributed by atoms with Gasteiger partial charge in [0.25, 0.3) is 0 Å². The molecule has 0 saturated carbocycles. The molecular weight excluding hydrogens is 428 g/mol. The molecule has 1 aromatic heterocycles. The van der Waals surface area contributed by atoms with E-state index in [1.54, 1.807) is 18.0 Å². The number of ketones is 1. The van der Waals surface area contributed by atoms with E-state index in [4.69, 9.17) is 6.42 Å². The minimum Gasteiger partial charge on any atom is -0.370 e. The van der Waals surface area contributed by atoms with Crippen LogP contribution in [0.2, 0.25) is 0 Å². The molecule has 0 unspecified atom stereocenters. The van der Waals surface area contributed by atoms with Crippen molar-refractivity contribution in [1.82, 2.24) is 9.71 Å². The minimum atomic E-state index is -0.412. The molecule has 0 spiro atoms. The third kappa shape index (κ3) is 3.33. The second-order valence-electron chi connectivity index (χ2n) is 9.34. The number of aromatic amines is 1. The number of nitriles is 1. The summed E-state index contributed by atoms with van der Waals surface area (Å²) in [6, 6.07) is 12.2. The minimum absolute atomic E-state index is 0.0128. The Morgan fingerprint density at radius 2 is 2.00 bits per heavy atom. The highest BCUT2D eigenvalue weighted by atomic mass is 32.2. The second-order valence-corrected chi connectivity index (χ2v) is 9.99. The van der Waals surface area contributed by atoms with Crippen LogP contribution in [0.15, 0.2) is 30.3 Å². The third-order valence-corrected chi connectivity index (χ3v) is 7.68. The van der Waals surface area contributed by atoms with Crippen LogP contribution in [-0.2, 0) is 5.41 Å². The fourth-order valence-corrected chi connectivity index (χ4v) is 5.89. The number of aromatic nitrogens is 1. The lowest BCUT2D eigenvalue weighted by Crippen LogP contribution is -2.41. The van der Waals surface area contributed by atoms with Gasteiger partial charge in [0, 0.05) is 52.3 Å². The molecule has 0 bridgehead atoms. The van der Waals surface area contributed by atoms with Gasteiger partial charge in [-0.1, -0.05) is 37.8 Å². The van der Waals surface area contributed by atoms with E-state index in [0.717, 1.165) is 59.3 Å². The Bertz CT molecular complexity index is 1360. The maximum absolute atomic E-state index is 13.7. The molecule has 2 heterocycles. The van der Waals surface area contributed by atoms with Gasteiger partial charge in [-0.25, -0.2) is 0 Å². The van der Waals surface area contributed by atoms with Crippen LogP contribution in [0.3, 0.4) is 0 Å². The Labute approximate surface area is 198 Å². The number of carbonyl (C=O) groups is 1. The van der Waals surface area contributed by atoms with Crippen LogP contribution < -0.4 is 9.62 Å². The first-order chi connectivity index (χ1) is 15.9.